The first kappa shape index (κ1) is 36.2. The normalized spacial score (nSPS) is 27.0. The predicted octanol–water partition coefficient (Wildman–Crippen LogP) is 12.0. The summed E-state index contributed by atoms with van der Waals surface area (Å²) in [5, 5.41) is 8.94. The maximum absolute atomic E-state index is 11.2. The molecule has 5 rings (SSSR count). The van der Waals surface area contributed by atoms with Crippen molar-refractivity contribution in [1.82, 2.24) is 0 Å². The highest BCUT2D eigenvalue weighted by Gasteiger charge is 2.33. The van der Waals surface area contributed by atoms with Crippen molar-refractivity contribution in [3.8, 4) is 16.9 Å². The second-order valence-electron chi connectivity index (χ2n) is 14.5. The van der Waals surface area contributed by atoms with Crippen molar-refractivity contribution >= 4 is 5.97 Å². The van der Waals surface area contributed by atoms with E-state index in [1.807, 2.05) is 24.3 Å². The average Bonchev–Trinajstić information content (AvgIpc) is 3.10. The van der Waals surface area contributed by atoms with Crippen LogP contribution in [0.5, 0.6) is 5.75 Å². The molecule has 4 nitrogen and oxygen atoms in total. The molecule has 3 saturated carbocycles. The molecule has 0 spiro atoms. The summed E-state index contributed by atoms with van der Waals surface area (Å²) in [6, 6.07) is 16.5. The van der Waals surface area contributed by atoms with Gasteiger partial charge in [0.25, 0.3) is 0 Å². The summed E-state index contributed by atoms with van der Waals surface area (Å²) >= 11 is 0. The highest BCUT2D eigenvalue weighted by atomic mass is 17.1. The molecule has 3 fully saturated rings. The lowest BCUT2D eigenvalue weighted by atomic mass is 9.68. The lowest BCUT2D eigenvalue weighted by molar-refractivity contribution is -0.278. The van der Waals surface area contributed by atoms with Gasteiger partial charge in [-0.25, -0.2) is 9.68 Å². The summed E-state index contributed by atoms with van der Waals surface area (Å²) in [6.07, 6.45) is 24.7. The molecule has 1 N–H and O–H groups in total. The topological polar surface area (TPSA) is 55.8 Å². The summed E-state index contributed by atoms with van der Waals surface area (Å²) in [6.45, 7) is 11.8. The number of carbonyl (C=O) groups excluding carboxylic acids is 1. The van der Waals surface area contributed by atoms with Crippen LogP contribution in [0, 0.1) is 29.6 Å². The van der Waals surface area contributed by atoms with E-state index < -0.39 is 5.97 Å². The van der Waals surface area contributed by atoms with Crippen LogP contribution in [0.3, 0.4) is 0 Å². The molecule has 0 amide bonds. The number of unbranched alkanes of at least 4 members (excludes halogenated alkanes) is 2. The largest absolute Gasteiger partial charge is 0.423 e. The van der Waals surface area contributed by atoms with Crippen LogP contribution in [0.1, 0.15) is 128 Å². The molecule has 0 bridgehead atoms. The second kappa shape index (κ2) is 19.2. The summed E-state index contributed by atoms with van der Waals surface area (Å²) in [4.78, 5) is 15.8. The lowest BCUT2D eigenvalue weighted by Crippen LogP contribution is -2.30. The number of hydrogen-bond donors (Lipinski definition) is 1. The minimum atomic E-state index is -0.436. The highest BCUT2D eigenvalue weighted by Crippen LogP contribution is 2.43. The Labute approximate surface area is 279 Å². The molecule has 4 heteroatoms. The summed E-state index contributed by atoms with van der Waals surface area (Å²) in [5.41, 5.74) is 3.77. The average molecular weight is 629 g/mol. The minimum absolute atomic E-state index is 0.157. The maximum Gasteiger partial charge on any atom is 0.335 e. The maximum atomic E-state index is 11.2. The van der Waals surface area contributed by atoms with Crippen molar-refractivity contribution in [2.75, 3.05) is 0 Å². The van der Waals surface area contributed by atoms with Crippen LogP contribution in [0.4, 0.5) is 0 Å². The zero-order valence-corrected chi connectivity index (χ0v) is 28.7. The summed E-state index contributed by atoms with van der Waals surface area (Å²) in [5.74, 6) is 5.10. The predicted molar refractivity (Wildman–Crippen MR) is 191 cm³/mol. The molecule has 0 saturated heterocycles. The SMILES string of the molecule is C=CC(=O)Oc1ccc(-c2ccc(C3CCC(C)CC3)cc2)cc1.C=CC(OO)C1CCC(C2CCC(CCCCC)CC2)CC1. The third-order valence-corrected chi connectivity index (χ3v) is 11.4. The van der Waals surface area contributed by atoms with Crippen LogP contribution in [0.2, 0.25) is 0 Å². The van der Waals surface area contributed by atoms with Gasteiger partial charge in [-0.05, 0) is 116 Å². The molecule has 252 valence electrons. The fourth-order valence-electron chi connectivity index (χ4n) is 8.31. The molecule has 0 heterocycles. The van der Waals surface area contributed by atoms with Crippen LogP contribution >= 0.6 is 0 Å². The standard InChI is InChI=1S/C22H24O2.C20H36O2/c1-3-22(23)24-21-14-12-20(13-15-21)19-10-8-18(9-11-19)17-6-4-16(2)5-7-17;1-3-5-6-7-16-8-10-17(11-9-16)18-12-14-19(15-13-18)20(4-2)22-21/h3,8-17H,1,4-7H2,2H3;4,16-21H,2-3,5-15H2,1H3. The lowest BCUT2D eigenvalue weighted by Gasteiger charge is -2.38. The van der Waals surface area contributed by atoms with Gasteiger partial charge >= 0.3 is 5.97 Å². The molecule has 3 aliphatic carbocycles. The quantitative estimate of drug-likeness (QED) is 0.0483. The molecular weight excluding hydrogens is 568 g/mol. The van der Waals surface area contributed by atoms with Gasteiger partial charge in [0.2, 0.25) is 0 Å². The van der Waals surface area contributed by atoms with Crippen LogP contribution in [0.25, 0.3) is 11.1 Å². The third-order valence-electron chi connectivity index (χ3n) is 11.4. The van der Waals surface area contributed by atoms with E-state index in [9.17, 15) is 4.79 Å². The molecule has 3 aliphatic rings. The number of benzene rings is 2. The van der Waals surface area contributed by atoms with Gasteiger partial charge in [0.15, 0.2) is 0 Å². The molecule has 46 heavy (non-hydrogen) atoms. The van der Waals surface area contributed by atoms with Crippen LogP contribution < -0.4 is 4.74 Å². The fraction of sp³-hybridized carbons (Fsp3) is 0.595. The van der Waals surface area contributed by atoms with Gasteiger partial charge in [-0.2, -0.15) is 0 Å². The van der Waals surface area contributed by atoms with E-state index in [1.165, 1.54) is 120 Å². The Morgan fingerprint density at radius 1 is 0.804 bits per heavy atom. The number of ether oxygens (including phenoxy) is 1. The van der Waals surface area contributed by atoms with Crippen LogP contribution in [-0.2, 0) is 9.68 Å². The molecule has 1 atom stereocenters. The second-order valence-corrected chi connectivity index (χ2v) is 14.5. The Bertz CT molecular complexity index is 1160. The van der Waals surface area contributed by atoms with Gasteiger partial charge in [-0.15, -0.1) is 6.58 Å². The summed E-state index contributed by atoms with van der Waals surface area (Å²) < 4.78 is 5.10. The smallest absolute Gasteiger partial charge is 0.335 e. The molecule has 2 aromatic carbocycles. The van der Waals surface area contributed by atoms with Crippen molar-refractivity contribution < 1.29 is 19.7 Å². The Morgan fingerprint density at radius 2 is 1.37 bits per heavy atom. The van der Waals surface area contributed by atoms with E-state index in [0.29, 0.717) is 11.7 Å². The van der Waals surface area contributed by atoms with Gasteiger partial charge in [-0.3, -0.25) is 5.26 Å². The van der Waals surface area contributed by atoms with Crippen molar-refractivity contribution in [1.29, 1.82) is 0 Å². The number of hydrogen-bond acceptors (Lipinski definition) is 4. The van der Waals surface area contributed by atoms with Crippen molar-refractivity contribution in [2.45, 2.75) is 129 Å². The molecule has 0 aliphatic heterocycles. The van der Waals surface area contributed by atoms with Gasteiger partial charge in [0.1, 0.15) is 11.9 Å². The van der Waals surface area contributed by atoms with Crippen molar-refractivity contribution in [2.24, 2.45) is 29.6 Å². The minimum Gasteiger partial charge on any atom is -0.423 e. The van der Waals surface area contributed by atoms with Crippen LogP contribution in [-0.4, -0.2) is 17.3 Å². The first-order valence-electron chi connectivity index (χ1n) is 18.4. The molecule has 0 aromatic heterocycles. The van der Waals surface area contributed by atoms with Gasteiger partial charge in [-0.1, -0.05) is 114 Å². The van der Waals surface area contributed by atoms with Crippen molar-refractivity contribution in [3.05, 3.63) is 79.4 Å². The Morgan fingerprint density at radius 3 is 1.89 bits per heavy atom. The Kier molecular flexibility index (Phi) is 15.1. The first-order valence-corrected chi connectivity index (χ1v) is 18.4. The van der Waals surface area contributed by atoms with Gasteiger partial charge < -0.3 is 4.74 Å². The van der Waals surface area contributed by atoms with Crippen molar-refractivity contribution in [3.63, 3.8) is 0 Å². The van der Waals surface area contributed by atoms with E-state index in [4.69, 9.17) is 9.99 Å². The van der Waals surface area contributed by atoms with E-state index in [2.05, 4.69) is 56.2 Å². The van der Waals surface area contributed by atoms with Gasteiger partial charge in [0, 0.05) is 6.08 Å². The Hall–Kier alpha value is -2.69. The number of carbonyl (C=O) groups is 1. The molecular formula is C42H60O4. The first-order chi connectivity index (χ1) is 22.4. The number of rotatable bonds is 12. The third kappa shape index (κ3) is 10.9. The molecule has 1 unspecified atom stereocenters. The van der Waals surface area contributed by atoms with E-state index in [1.54, 1.807) is 6.08 Å². The molecule has 2 aromatic rings. The van der Waals surface area contributed by atoms with Crippen LogP contribution in [0.15, 0.2) is 73.8 Å². The monoisotopic (exact) mass is 628 g/mol. The van der Waals surface area contributed by atoms with E-state index >= 15 is 0 Å². The van der Waals surface area contributed by atoms with Gasteiger partial charge in [0.05, 0.1) is 0 Å². The van der Waals surface area contributed by atoms with E-state index in [-0.39, 0.29) is 6.10 Å². The zero-order chi connectivity index (χ0) is 32.7. The fourth-order valence-corrected chi connectivity index (χ4v) is 8.31. The Balaban J connectivity index is 0.000000210. The number of esters is 1. The zero-order valence-electron chi connectivity index (χ0n) is 28.7. The highest BCUT2D eigenvalue weighted by molar-refractivity contribution is 5.83. The summed E-state index contributed by atoms with van der Waals surface area (Å²) in [7, 11) is 0. The molecule has 0 radical (unpaired) electrons. The van der Waals surface area contributed by atoms with E-state index in [0.717, 1.165) is 35.2 Å².